The summed E-state index contributed by atoms with van der Waals surface area (Å²) in [5.74, 6) is 1.80. The van der Waals surface area contributed by atoms with Gasteiger partial charge < -0.3 is 48.5 Å². The highest BCUT2D eigenvalue weighted by Crippen LogP contribution is 2.78. The van der Waals surface area contributed by atoms with Crippen LogP contribution in [0.1, 0.15) is 84.3 Å². The third-order valence-corrected chi connectivity index (χ3v) is 13.6. The van der Waals surface area contributed by atoms with Gasteiger partial charge in [0.25, 0.3) is 0 Å². The van der Waals surface area contributed by atoms with Gasteiger partial charge in [0, 0.05) is 48.6 Å². The van der Waals surface area contributed by atoms with E-state index in [1.807, 2.05) is 27.0 Å². The molecule has 1 saturated heterocycles. The van der Waals surface area contributed by atoms with Gasteiger partial charge in [-0.2, -0.15) is 0 Å². The molecule has 1 aromatic carbocycles. The van der Waals surface area contributed by atoms with Gasteiger partial charge in [-0.05, 0) is 88.3 Å². The minimum Gasteiger partial charge on any atom is -0.504 e. The number of hydrogen-bond acceptors (Lipinski definition) is 11. The smallest absolute Gasteiger partial charge is 0.504 e. The SMILES string of the molecule is CCOCCOCCOCCOCCOC(=O)O.CO[C@@]12CC[C@@]3(C[C@@H]1[C@](C)(O)C(C)(C)C)[C@H]1Cc4ccc(O)c5c4[C@@]3(CCN1CC1CC1)[C@H]2O5. The summed E-state index contributed by atoms with van der Waals surface area (Å²) in [6.45, 7) is 16.8. The van der Waals surface area contributed by atoms with E-state index in [9.17, 15) is 15.0 Å². The Labute approximate surface area is 309 Å². The number of benzene rings is 1. The molecule has 5 aliphatic carbocycles. The van der Waals surface area contributed by atoms with E-state index in [2.05, 4.69) is 36.5 Å². The van der Waals surface area contributed by atoms with Gasteiger partial charge in [-0.25, -0.2) is 4.79 Å². The van der Waals surface area contributed by atoms with Gasteiger partial charge in [0.2, 0.25) is 0 Å². The molecule has 3 N–H and O–H groups in total. The van der Waals surface area contributed by atoms with Gasteiger partial charge in [-0.3, -0.25) is 4.90 Å². The first kappa shape index (κ1) is 39.5. The number of carboxylic acid groups (broad SMARTS) is 1. The number of nitrogens with zero attached hydrogens (tertiary/aromatic N) is 1. The largest absolute Gasteiger partial charge is 0.505 e. The first-order chi connectivity index (χ1) is 24.8. The molecule has 4 bridgehead atoms. The van der Waals surface area contributed by atoms with Gasteiger partial charge in [0.05, 0.1) is 51.8 Å². The van der Waals surface area contributed by atoms with Crippen LogP contribution in [0.4, 0.5) is 4.79 Å². The Bertz CT molecular complexity index is 1390. The minimum absolute atomic E-state index is 0.0294. The van der Waals surface area contributed by atoms with Gasteiger partial charge in [0.1, 0.15) is 18.3 Å². The van der Waals surface area contributed by atoms with Crippen molar-refractivity contribution in [3.05, 3.63) is 23.3 Å². The molecule has 4 saturated carbocycles. The van der Waals surface area contributed by atoms with Gasteiger partial charge in [-0.15, -0.1) is 0 Å². The van der Waals surface area contributed by atoms with Crippen molar-refractivity contribution < 1.29 is 53.3 Å². The molecule has 1 aromatic rings. The molecule has 12 heteroatoms. The minimum atomic E-state index is -1.29. The number of likely N-dealkylation sites (tertiary alicyclic amines) is 1. The Morgan fingerprint density at radius 3 is 2.15 bits per heavy atom. The molecule has 2 spiro atoms. The van der Waals surface area contributed by atoms with Crippen LogP contribution in [0.5, 0.6) is 11.5 Å². The molecule has 5 fully saturated rings. The number of aliphatic hydroxyl groups is 1. The van der Waals surface area contributed by atoms with Crippen molar-refractivity contribution in [3.8, 4) is 11.5 Å². The molecule has 0 amide bonds. The lowest BCUT2D eigenvalue weighted by molar-refractivity contribution is -0.312. The zero-order valence-electron chi connectivity index (χ0n) is 32.2. The number of hydrogen-bond donors (Lipinski definition) is 3. The van der Waals surface area contributed by atoms with Crippen LogP contribution >= 0.6 is 0 Å². The molecule has 12 nitrogen and oxygen atoms in total. The van der Waals surface area contributed by atoms with Crippen LogP contribution in [0.2, 0.25) is 0 Å². The molecule has 2 aliphatic heterocycles. The van der Waals surface area contributed by atoms with Crippen molar-refractivity contribution in [2.24, 2.45) is 22.7 Å². The summed E-state index contributed by atoms with van der Waals surface area (Å²) < 4.78 is 38.3. The Morgan fingerprint density at radius 2 is 1.58 bits per heavy atom. The average molecular weight is 734 g/mol. The molecule has 0 radical (unpaired) electrons. The number of fused-ring (bicyclic) bond motifs is 2. The number of phenolic OH excluding ortho intramolecular Hbond substituents is 1. The predicted molar refractivity (Wildman–Crippen MR) is 193 cm³/mol. The molecule has 7 aliphatic rings. The second kappa shape index (κ2) is 15.5. The Morgan fingerprint density at radius 1 is 0.942 bits per heavy atom. The molecule has 8 rings (SSSR count). The number of aromatic hydroxyl groups is 1. The number of ether oxygens (including phenoxy) is 7. The Hall–Kier alpha value is -2.19. The number of phenols is 1. The number of piperidine rings is 1. The lowest BCUT2D eigenvalue weighted by atomic mass is 9.33. The monoisotopic (exact) mass is 733 g/mol. The van der Waals surface area contributed by atoms with E-state index in [1.54, 1.807) is 0 Å². The second-order valence-electron chi connectivity index (χ2n) is 16.9. The van der Waals surface area contributed by atoms with Gasteiger partial charge in [0.15, 0.2) is 11.5 Å². The standard InChI is InChI=1S/C29H41NO4.C11H22O7/c1-25(2,3)26(4,32)20-15-27-10-11-29(20,33-5)24-28(27)12-13-30(16-17-6-7-17)21(27)14-18-8-9-19(31)23(34-24)22(18)28;1-2-14-3-4-15-5-6-16-7-8-17-9-10-18-11(12)13/h8-9,17,20-21,24,31-32H,6-7,10-16H2,1-5H3;2-10H2,1H3,(H,12,13)/t20-,21-,24-,26+,27-,28+,29+;/m1./s1. The van der Waals surface area contributed by atoms with E-state index >= 15 is 0 Å². The van der Waals surface area contributed by atoms with E-state index in [1.165, 1.54) is 30.5 Å². The molecule has 52 heavy (non-hydrogen) atoms. The van der Waals surface area contributed by atoms with E-state index in [4.69, 9.17) is 33.5 Å². The highest BCUT2D eigenvalue weighted by Gasteiger charge is 2.82. The normalized spacial score (nSPS) is 32.3. The topological polar surface area (TPSA) is 146 Å². The van der Waals surface area contributed by atoms with E-state index in [0.29, 0.717) is 58.0 Å². The van der Waals surface area contributed by atoms with E-state index < -0.39 is 17.4 Å². The Balaban J connectivity index is 0.000000222. The van der Waals surface area contributed by atoms with Crippen LogP contribution in [-0.2, 0) is 40.3 Å². The van der Waals surface area contributed by atoms with Crippen molar-refractivity contribution in [2.75, 3.05) is 79.7 Å². The van der Waals surface area contributed by atoms with Crippen LogP contribution < -0.4 is 4.74 Å². The summed E-state index contributed by atoms with van der Waals surface area (Å²) in [6, 6.07) is 4.46. The molecule has 0 unspecified atom stereocenters. The summed E-state index contributed by atoms with van der Waals surface area (Å²) in [5.41, 5.74) is 0.783. The second-order valence-corrected chi connectivity index (χ2v) is 16.9. The number of methoxy groups -OCH3 is 1. The lowest BCUT2D eigenvalue weighted by Gasteiger charge is -2.75. The first-order valence-corrected chi connectivity index (χ1v) is 19.5. The van der Waals surface area contributed by atoms with Crippen LogP contribution in [-0.4, -0.2) is 129 Å². The molecule has 0 aromatic heterocycles. The lowest BCUT2D eigenvalue weighted by Crippen LogP contribution is -2.83. The summed E-state index contributed by atoms with van der Waals surface area (Å²) in [7, 11) is 1.83. The maximum atomic E-state index is 12.2. The highest BCUT2D eigenvalue weighted by atomic mass is 16.7. The fourth-order valence-corrected chi connectivity index (χ4v) is 10.6. The van der Waals surface area contributed by atoms with E-state index in [0.717, 1.165) is 44.6 Å². The fraction of sp³-hybridized carbons (Fsp3) is 0.825. The Kier molecular flexibility index (Phi) is 11.8. The van der Waals surface area contributed by atoms with Crippen molar-refractivity contribution in [1.29, 1.82) is 0 Å². The van der Waals surface area contributed by atoms with Crippen LogP contribution in [0, 0.1) is 22.7 Å². The van der Waals surface area contributed by atoms with Crippen molar-refractivity contribution in [1.82, 2.24) is 4.90 Å². The van der Waals surface area contributed by atoms with Crippen LogP contribution in [0.15, 0.2) is 12.1 Å². The van der Waals surface area contributed by atoms with Gasteiger partial charge >= 0.3 is 6.16 Å². The summed E-state index contributed by atoms with van der Waals surface area (Å²) in [4.78, 5) is 12.8. The maximum absolute atomic E-state index is 12.2. The summed E-state index contributed by atoms with van der Waals surface area (Å²) in [6.07, 6.45) is 6.34. The predicted octanol–water partition coefficient (Wildman–Crippen LogP) is 5.18. The third kappa shape index (κ3) is 6.83. The third-order valence-electron chi connectivity index (χ3n) is 13.6. The van der Waals surface area contributed by atoms with Crippen molar-refractivity contribution >= 4 is 6.16 Å². The average Bonchev–Trinajstić information content (AvgIpc) is 3.85. The molecule has 2 heterocycles. The van der Waals surface area contributed by atoms with Crippen LogP contribution in [0.3, 0.4) is 0 Å². The van der Waals surface area contributed by atoms with Gasteiger partial charge in [-0.1, -0.05) is 26.8 Å². The molecule has 7 atom stereocenters. The highest BCUT2D eigenvalue weighted by molar-refractivity contribution is 5.63. The molecule has 294 valence electrons. The fourth-order valence-electron chi connectivity index (χ4n) is 10.6. The zero-order chi connectivity index (χ0) is 37.4. The molecular weight excluding hydrogens is 670 g/mol. The molecular formula is C40H63NO11. The first-order valence-electron chi connectivity index (χ1n) is 19.5. The number of rotatable bonds is 17. The maximum Gasteiger partial charge on any atom is 0.505 e. The summed E-state index contributed by atoms with van der Waals surface area (Å²) in [5, 5.41) is 31.3. The number of carbonyl (C=O) groups is 1. The quantitative estimate of drug-likeness (QED) is 0.143. The van der Waals surface area contributed by atoms with Crippen LogP contribution in [0.25, 0.3) is 0 Å². The summed E-state index contributed by atoms with van der Waals surface area (Å²) >= 11 is 0. The van der Waals surface area contributed by atoms with E-state index in [-0.39, 0.29) is 47.2 Å². The van der Waals surface area contributed by atoms with Crippen molar-refractivity contribution in [2.45, 2.75) is 108 Å². The van der Waals surface area contributed by atoms with Crippen molar-refractivity contribution in [3.63, 3.8) is 0 Å². The zero-order valence-corrected chi connectivity index (χ0v) is 32.2.